The summed E-state index contributed by atoms with van der Waals surface area (Å²) in [6.07, 6.45) is 0. The maximum Gasteiger partial charge on any atom is 0.357 e. The Morgan fingerprint density at radius 3 is 2.13 bits per heavy atom. The van der Waals surface area contributed by atoms with Crippen molar-refractivity contribution in [2.75, 3.05) is 7.11 Å². The van der Waals surface area contributed by atoms with Crippen LogP contribution in [0.15, 0.2) is 0 Å². The average molecular weight is 217 g/mol. The van der Waals surface area contributed by atoms with Gasteiger partial charge in [0.05, 0.1) is 12.8 Å². The number of ether oxygens (including phenoxy) is 1. The van der Waals surface area contributed by atoms with Crippen LogP contribution in [0.25, 0.3) is 0 Å². The Kier molecular flexibility index (Phi) is 2.83. The number of rotatable bonds is 1. The van der Waals surface area contributed by atoms with Crippen LogP contribution < -0.4 is 0 Å². The number of hydrogen-bond acceptors (Lipinski definition) is 2. The summed E-state index contributed by atoms with van der Waals surface area (Å²) in [7, 11) is 1.11. The molecule has 0 amide bonds. The van der Waals surface area contributed by atoms with Gasteiger partial charge in [-0.2, -0.15) is 0 Å². The van der Waals surface area contributed by atoms with Crippen LogP contribution in [0.4, 0.5) is 8.78 Å². The smallest absolute Gasteiger partial charge is 0.357 e. The summed E-state index contributed by atoms with van der Waals surface area (Å²) in [5.41, 5.74) is -1.02. The van der Waals surface area contributed by atoms with E-state index < -0.39 is 28.7 Å². The van der Waals surface area contributed by atoms with Crippen molar-refractivity contribution in [2.24, 2.45) is 0 Å². The molecule has 0 spiro atoms. The van der Waals surface area contributed by atoms with E-state index in [9.17, 15) is 13.6 Å². The maximum atomic E-state index is 13.4. The number of carbonyl (C=O) groups excluding carboxylic acids is 1. The van der Waals surface area contributed by atoms with Crippen LogP contribution in [0.3, 0.4) is 0 Å². The number of H-pyrrole nitrogens is 1. The highest BCUT2D eigenvalue weighted by Gasteiger charge is 2.29. The minimum atomic E-state index is -1.19. The van der Waals surface area contributed by atoms with Gasteiger partial charge >= 0.3 is 5.97 Å². The van der Waals surface area contributed by atoms with Crippen LogP contribution in [0.5, 0.6) is 0 Å². The first-order valence-electron chi connectivity index (χ1n) is 4.44. The van der Waals surface area contributed by atoms with E-state index in [0.717, 1.165) is 7.11 Å². The van der Waals surface area contributed by atoms with Gasteiger partial charge in [-0.25, -0.2) is 13.6 Å². The third-order valence-electron chi connectivity index (χ3n) is 2.02. The van der Waals surface area contributed by atoms with Gasteiger partial charge < -0.3 is 9.72 Å². The van der Waals surface area contributed by atoms with Crippen LogP contribution in [0, 0.1) is 11.6 Å². The topological polar surface area (TPSA) is 42.1 Å². The van der Waals surface area contributed by atoms with E-state index in [1.165, 1.54) is 0 Å². The minimum Gasteiger partial charge on any atom is -0.464 e. The predicted molar refractivity (Wildman–Crippen MR) is 50.7 cm³/mol. The van der Waals surface area contributed by atoms with E-state index >= 15 is 0 Å². The van der Waals surface area contributed by atoms with Crippen LogP contribution in [-0.4, -0.2) is 18.1 Å². The summed E-state index contributed by atoms with van der Waals surface area (Å²) in [5, 5.41) is 0. The molecule has 0 aromatic carbocycles. The van der Waals surface area contributed by atoms with E-state index in [1.54, 1.807) is 20.8 Å². The first-order valence-corrected chi connectivity index (χ1v) is 4.44. The van der Waals surface area contributed by atoms with Crippen molar-refractivity contribution in [3.8, 4) is 0 Å². The lowest BCUT2D eigenvalue weighted by Crippen LogP contribution is -2.14. The first kappa shape index (κ1) is 11.7. The number of esters is 1. The zero-order valence-electron chi connectivity index (χ0n) is 9.07. The van der Waals surface area contributed by atoms with Crippen molar-refractivity contribution < 1.29 is 18.3 Å². The van der Waals surface area contributed by atoms with Crippen LogP contribution in [-0.2, 0) is 10.2 Å². The number of halogens is 2. The van der Waals surface area contributed by atoms with Gasteiger partial charge in [0.25, 0.3) is 0 Å². The molecule has 1 aromatic rings. The Morgan fingerprint density at radius 1 is 1.27 bits per heavy atom. The maximum absolute atomic E-state index is 13.4. The molecule has 0 aliphatic rings. The highest BCUT2D eigenvalue weighted by Crippen LogP contribution is 2.27. The van der Waals surface area contributed by atoms with E-state index in [1.807, 2.05) is 0 Å². The molecule has 1 N–H and O–H groups in total. The number of nitrogens with one attached hydrogen (secondary N) is 1. The van der Waals surface area contributed by atoms with E-state index in [-0.39, 0.29) is 5.69 Å². The van der Waals surface area contributed by atoms with Crippen molar-refractivity contribution in [3.63, 3.8) is 0 Å². The SMILES string of the molecule is COC(=O)c1[nH]c(C(C)(C)C)c(F)c1F. The molecule has 0 saturated heterocycles. The number of methoxy groups -OCH3 is 1. The Bertz CT molecular complexity index is 391. The highest BCUT2D eigenvalue weighted by atomic mass is 19.2. The molecular weight excluding hydrogens is 204 g/mol. The van der Waals surface area contributed by atoms with Gasteiger partial charge in [-0.15, -0.1) is 0 Å². The molecule has 0 radical (unpaired) electrons. The van der Waals surface area contributed by atoms with Crippen molar-refractivity contribution in [1.29, 1.82) is 0 Å². The second-order valence-electron chi connectivity index (χ2n) is 4.24. The lowest BCUT2D eigenvalue weighted by Gasteiger charge is -2.16. The average Bonchev–Trinajstić information content (AvgIpc) is 2.42. The van der Waals surface area contributed by atoms with Gasteiger partial charge in [-0.1, -0.05) is 20.8 Å². The molecular formula is C10H13F2NO2. The zero-order valence-corrected chi connectivity index (χ0v) is 9.07. The highest BCUT2D eigenvalue weighted by molar-refractivity contribution is 5.87. The molecule has 0 atom stereocenters. The molecule has 0 fully saturated rings. The first-order chi connectivity index (χ1) is 6.79. The summed E-state index contributed by atoms with van der Waals surface area (Å²) in [6.45, 7) is 5.13. The summed E-state index contributed by atoms with van der Waals surface area (Å²) >= 11 is 0. The van der Waals surface area contributed by atoms with Gasteiger partial charge in [0.2, 0.25) is 0 Å². The summed E-state index contributed by atoms with van der Waals surface area (Å²) < 4.78 is 31.0. The van der Waals surface area contributed by atoms with Crippen molar-refractivity contribution >= 4 is 5.97 Å². The molecule has 1 aromatic heterocycles. The standard InChI is InChI=1S/C10H13F2NO2/c1-10(2,3)8-6(12)5(11)7(13-8)9(14)15-4/h13H,1-4H3. The Labute approximate surface area is 86.4 Å². The third-order valence-corrected chi connectivity index (χ3v) is 2.02. The van der Waals surface area contributed by atoms with Crippen LogP contribution in [0.1, 0.15) is 37.0 Å². The summed E-state index contributed by atoms with van der Waals surface area (Å²) in [6, 6.07) is 0. The molecule has 0 aliphatic heterocycles. The van der Waals surface area contributed by atoms with E-state index in [0.29, 0.717) is 0 Å². The lowest BCUT2D eigenvalue weighted by atomic mass is 9.92. The van der Waals surface area contributed by atoms with Gasteiger partial charge in [-0.05, 0) is 0 Å². The molecule has 0 saturated carbocycles. The fourth-order valence-electron chi connectivity index (χ4n) is 1.21. The molecule has 1 heterocycles. The molecule has 0 bridgehead atoms. The molecule has 15 heavy (non-hydrogen) atoms. The molecule has 1 rings (SSSR count). The summed E-state index contributed by atoms with van der Waals surface area (Å²) in [4.78, 5) is 13.5. The van der Waals surface area contributed by atoms with Crippen molar-refractivity contribution in [2.45, 2.75) is 26.2 Å². The number of carbonyl (C=O) groups is 1. The molecule has 0 aliphatic carbocycles. The monoisotopic (exact) mass is 217 g/mol. The second-order valence-corrected chi connectivity index (χ2v) is 4.24. The van der Waals surface area contributed by atoms with Gasteiger partial charge in [-0.3, -0.25) is 0 Å². The lowest BCUT2D eigenvalue weighted by molar-refractivity contribution is 0.0588. The Morgan fingerprint density at radius 2 is 1.80 bits per heavy atom. The fourth-order valence-corrected chi connectivity index (χ4v) is 1.21. The van der Waals surface area contributed by atoms with E-state index in [4.69, 9.17) is 0 Å². The Balaban J connectivity index is 3.31. The quantitative estimate of drug-likeness (QED) is 0.734. The second kappa shape index (κ2) is 3.64. The number of aromatic nitrogens is 1. The number of hydrogen-bond donors (Lipinski definition) is 1. The normalized spacial score (nSPS) is 11.6. The molecule has 3 nitrogen and oxygen atoms in total. The van der Waals surface area contributed by atoms with E-state index in [2.05, 4.69) is 9.72 Å². The van der Waals surface area contributed by atoms with Crippen LogP contribution >= 0.6 is 0 Å². The molecule has 0 unspecified atom stereocenters. The predicted octanol–water partition coefficient (Wildman–Crippen LogP) is 2.38. The third kappa shape index (κ3) is 2.00. The van der Waals surface area contributed by atoms with Gasteiger partial charge in [0.15, 0.2) is 17.3 Å². The van der Waals surface area contributed by atoms with Crippen molar-refractivity contribution in [3.05, 3.63) is 23.0 Å². The zero-order chi connectivity index (χ0) is 11.8. The Hall–Kier alpha value is -1.39. The fraction of sp³-hybridized carbons (Fsp3) is 0.500. The molecule has 84 valence electrons. The molecule has 5 heteroatoms. The van der Waals surface area contributed by atoms with Gasteiger partial charge in [0.1, 0.15) is 0 Å². The summed E-state index contributed by atoms with van der Waals surface area (Å²) in [5.74, 6) is -3.13. The van der Waals surface area contributed by atoms with Gasteiger partial charge in [0, 0.05) is 5.41 Å². The van der Waals surface area contributed by atoms with Crippen LogP contribution in [0.2, 0.25) is 0 Å². The minimum absolute atomic E-state index is 0.0559. The van der Waals surface area contributed by atoms with Crippen molar-refractivity contribution in [1.82, 2.24) is 4.98 Å². The number of aromatic amines is 1. The largest absolute Gasteiger partial charge is 0.464 e.